The van der Waals surface area contributed by atoms with Crippen LogP contribution in [0.5, 0.6) is 5.75 Å². The van der Waals surface area contributed by atoms with E-state index in [-0.39, 0.29) is 41.3 Å². The summed E-state index contributed by atoms with van der Waals surface area (Å²) >= 11 is 31.1. The average Bonchev–Trinajstić information content (AvgIpc) is 2.80. The van der Waals surface area contributed by atoms with Crippen LogP contribution in [-0.4, -0.2) is 19.9 Å². The van der Waals surface area contributed by atoms with Crippen molar-refractivity contribution in [1.29, 1.82) is 0 Å². The largest absolute Gasteiger partial charge is 0.423 e. The van der Waals surface area contributed by atoms with Crippen LogP contribution in [-0.2, 0) is 9.22 Å². The number of hydrogen-bond donors (Lipinski definition) is 0. The Bertz CT molecular complexity index is 900. The van der Waals surface area contributed by atoms with Gasteiger partial charge in [0.15, 0.2) is 14.1 Å². The zero-order valence-corrected chi connectivity index (χ0v) is 24.2. The molecule has 1 aromatic carbocycles. The van der Waals surface area contributed by atoms with Crippen molar-refractivity contribution in [2.75, 3.05) is 0 Å². The van der Waals surface area contributed by atoms with Crippen LogP contribution in [0.15, 0.2) is 0 Å². The molecule has 0 aromatic heterocycles. The minimum atomic E-state index is -2.17. The van der Waals surface area contributed by atoms with Crippen LogP contribution < -0.4 is 4.74 Å². The molecule has 0 heterocycles. The number of rotatable bonds is 4. The topological polar surface area (TPSA) is 35.5 Å². The van der Waals surface area contributed by atoms with Gasteiger partial charge in [0, 0.05) is 0 Å². The minimum Gasteiger partial charge on any atom is -0.423 e. The first kappa shape index (κ1) is 26.9. The SMILES string of the molecule is CC(C)(C)[Si](C)(C)O[C@]12CCCCC[C@@]1(C)C[C@@H]2C(=O)Oc1c(Cl)c(Cl)c(Cl)c(Cl)c1Cl. The highest BCUT2D eigenvalue weighted by atomic mass is 35.5. The number of ether oxygens (including phenoxy) is 1. The Labute approximate surface area is 217 Å². The molecular formula is C23H31Cl5O3Si. The molecule has 32 heavy (non-hydrogen) atoms. The first-order chi connectivity index (χ1) is 14.6. The molecule has 2 aliphatic rings. The first-order valence-corrected chi connectivity index (χ1v) is 15.8. The van der Waals surface area contributed by atoms with Crippen molar-refractivity contribution in [3.63, 3.8) is 0 Å². The van der Waals surface area contributed by atoms with Crippen molar-refractivity contribution in [2.24, 2.45) is 11.3 Å². The van der Waals surface area contributed by atoms with Crippen molar-refractivity contribution in [3.8, 4) is 5.75 Å². The third-order valence-electron chi connectivity index (χ3n) is 7.92. The van der Waals surface area contributed by atoms with Crippen molar-refractivity contribution in [2.45, 2.75) is 90.0 Å². The summed E-state index contributed by atoms with van der Waals surface area (Å²) in [6.45, 7) is 13.4. The monoisotopic (exact) mass is 558 g/mol. The summed E-state index contributed by atoms with van der Waals surface area (Å²) in [6.07, 6.45) is 5.87. The van der Waals surface area contributed by atoms with E-state index in [9.17, 15) is 4.79 Å². The Morgan fingerprint density at radius 3 is 1.94 bits per heavy atom. The molecule has 180 valence electrons. The molecule has 9 heteroatoms. The lowest BCUT2D eigenvalue weighted by atomic mass is 9.49. The standard InChI is InChI=1S/C23H31Cl5O3Si/c1-21(2,3)32(5,6)31-23-11-9-7-8-10-22(23,4)12-13(23)20(29)30-19-17(27)15(25)14(24)16(26)18(19)28/h13H,7-12H2,1-6H3/t13-,22+,23+/m1/s1. The predicted octanol–water partition coefficient (Wildman–Crippen LogP) is 9.61. The van der Waals surface area contributed by atoms with E-state index in [1.165, 1.54) is 0 Å². The summed E-state index contributed by atoms with van der Waals surface area (Å²) in [5, 5.41) is 0.00347. The van der Waals surface area contributed by atoms with Crippen LogP contribution in [0.1, 0.15) is 66.2 Å². The van der Waals surface area contributed by atoms with Gasteiger partial charge in [-0.05, 0) is 42.8 Å². The van der Waals surface area contributed by atoms with E-state index in [0.29, 0.717) is 6.42 Å². The highest BCUT2D eigenvalue weighted by Crippen LogP contribution is 2.65. The molecule has 0 radical (unpaired) electrons. The van der Waals surface area contributed by atoms with Crippen LogP contribution in [0, 0.1) is 11.3 Å². The van der Waals surface area contributed by atoms with E-state index in [1.54, 1.807) is 0 Å². The zero-order valence-electron chi connectivity index (χ0n) is 19.4. The normalized spacial score (nSPS) is 28.5. The number of fused-ring (bicyclic) bond motifs is 1. The van der Waals surface area contributed by atoms with Gasteiger partial charge in [-0.3, -0.25) is 4.79 Å². The molecule has 3 rings (SSSR count). The molecule has 3 atom stereocenters. The van der Waals surface area contributed by atoms with E-state index < -0.39 is 25.8 Å². The summed E-state index contributed by atoms with van der Waals surface area (Å²) in [4.78, 5) is 13.5. The van der Waals surface area contributed by atoms with Gasteiger partial charge in [0.25, 0.3) is 0 Å². The Hall–Kier alpha value is 0.317. The fourth-order valence-electron chi connectivity index (χ4n) is 4.92. The van der Waals surface area contributed by atoms with Gasteiger partial charge < -0.3 is 9.16 Å². The predicted molar refractivity (Wildman–Crippen MR) is 137 cm³/mol. The second-order valence-electron chi connectivity index (χ2n) is 11.0. The molecule has 0 spiro atoms. The third kappa shape index (κ3) is 4.36. The van der Waals surface area contributed by atoms with Crippen molar-refractivity contribution < 1.29 is 14.0 Å². The molecule has 1 aromatic rings. The van der Waals surface area contributed by atoms with Crippen LogP contribution in [0.25, 0.3) is 0 Å². The van der Waals surface area contributed by atoms with E-state index >= 15 is 0 Å². The van der Waals surface area contributed by atoms with Gasteiger partial charge >= 0.3 is 5.97 Å². The van der Waals surface area contributed by atoms with Crippen molar-refractivity contribution in [1.82, 2.24) is 0 Å². The Morgan fingerprint density at radius 2 is 1.41 bits per heavy atom. The van der Waals surface area contributed by atoms with E-state index in [1.807, 2.05) is 0 Å². The lowest BCUT2D eigenvalue weighted by molar-refractivity contribution is -0.212. The van der Waals surface area contributed by atoms with E-state index in [4.69, 9.17) is 67.2 Å². The fourth-order valence-corrected chi connectivity index (χ4v) is 7.83. The quantitative estimate of drug-likeness (QED) is 0.121. The summed E-state index contributed by atoms with van der Waals surface area (Å²) in [7, 11) is -2.17. The van der Waals surface area contributed by atoms with Gasteiger partial charge in [0.05, 0.1) is 26.6 Å². The summed E-state index contributed by atoms with van der Waals surface area (Å²) in [5.74, 6) is -0.885. The molecule has 0 bridgehead atoms. The lowest BCUT2D eigenvalue weighted by Gasteiger charge is -2.64. The highest BCUT2D eigenvalue weighted by molar-refractivity contribution is 6.74. The molecule has 0 unspecified atom stereocenters. The maximum Gasteiger partial charge on any atom is 0.317 e. The van der Waals surface area contributed by atoms with Gasteiger partial charge in [-0.1, -0.05) is 105 Å². The smallest absolute Gasteiger partial charge is 0.317 e. The Balaban J connectivity index is 1.99. The Kier molecular flexibility index (Phi) is 7.63. The van der Waals surface area contributed by atoms with Crippen LogP contribution in [0.4, 0.5) is 0 Å². The van der Waals surface area contributed by atoms with Gasteiger partial charge in [-0.15, -0.1) is 0 Å². The van der Waals surface area contributed by atoms with E-state index in [2.05, 4.69) is 40.8 Å². The molecule has 2 aliphatic carbocycles. The maximum absolute atomic E-state index is 13.5. The minimum absolute atomic E-state index is 0.00526. The molecular weight excluding hydrogens is 530 g/mol. The van der Waals surface area contributed by atoms with E-state index in [0.717, 1.165) is 32.1 Å². The Morgan fingerprint density at radius 1 is 0.906 bits per heavy atom. The molecule has 0 amide bonds. The van der Waals surface area contributed by atoms with Crippen molar-refractivity contribution >= 4 is 72.3 Å². The van der Waals surface area contributed by atoms with Crippen molar-refractivity contribution in [3.05, 3.63) is 25.1 Å². The van der Waals surface area contributed by atoms with Gasteiger partial charge in [0.2, 0.25) is 0 Å². The third-order valence-corrected chi connectivity index (χ3v) is 14.6. The van der Waals surface area contributed by atoms with Crippen LogP contribution in [0.3, 0.4) is 0 Å². The number of hydrogen-bond acceptors (Lipinski definition) is 3. The highest BCUT2D eigenvalue weighted by Gasteiger charge is 2.68. The van der Waals surface area contributed by atoms with Gasteiger partial charge in [0.1, 0.15) is 10.0 Å². The van der Waals surface area contributed by atoms with Crippen LogP contribution >= 0.6 is 58.0 Å². The summed E-state index contributed by atoms with van der Waals surface area (Å²) in [5.41, 5.74) is -0.645. The van der Waals surface area contributed by atoms with Gasteiger partial charge in [-0.2, -0.15) is 0 Å². The molecule has 3 nitrogen and oxygen atoms in total. The number of esters is 1. The molecule has 0 saturated heterocycles. The summed E-state index contributed by atoms with van der Waals surface area (Å²) in [6, 6.07) is 0. The second kappa shape index (κ2) is 9.08. The number of carbonyl (C=O) groups is 1. The molecule has 2 saturated carbocycles. The summed E-state index contributed by atoms with van der Waals surface area (Å²) < 4.78 is 12.9. The average molecular weight is 561 g/mol. The number of benzene rings is 1. The lowest BCUT2D eigenvalue weighted by Crippen LogP contribution is -2.70. The molecule has 2 fully saturated rings. The fraction of sp³-hybridized carbons (Fsp3) is 0.696. The zero-order chi connectivity index (χ0) is 24.3. The number of halogens is 5. The van der Waals surface area contributed by atoms with Crippen LogP contribution in [0.2, 0.25) is 43.2 Å². The molecule has 0 N–H and O–H groups in total. The first-order valence-electron chi connectivity index (χ1n) is 11.0. The molecule has 0 aliphatic heterocycles. The number of carbonyl (C=O) groups excluding carboxylic acids is 1. The van der Waals surface area contributed by atoms with Gasteiger partial charge in [-0.25, -0.2) is 0 Å². The second-order valence-corrected chi connectivity index (χ2v) is 17.6. The maximum atomic E-state index is 13.5.